The zero-order valence-electron chi connectivity index (χ0n) is 5.80. The maximum Gasteiger partial charge on any atom is 0.00776 e. The van der Waals surface area contributed by atoms with Gasteiger partial charge in [-0.05, 0) is 12.5 Å². The van der Waals surface area contributed by atoms with Crippen molar-refractivity contribution in [2.75, 3.05) is 0 Å². The zero-order chi connectivity index (χ0) is 7.11. The normalized spacial score (nSPS) is 12.3. The minimum Gasteiger partial charge on any atom is -0.402 e. The van der Waals surface area contributed by atoms with Crippen LogP contribution in [0.1, 0.15) is 13.3 Å². The van der Waals surface area contributed by atoms with E-state index in [0.29, 0.717) is 0 Å². The summed E-state index contributed by atoms with van der Waals surface area (Å²) >= 11 is 0. The molecule has 0 radical (unpaired) electrons. The first kappa shape index (κ1) is 8.02. The summed E-state index contributed by atoms with van der Waals surface area (Å²) in [6, 6.07) is 0. The van der Waals surface area contributed by atoms with Crippen LogP contribution in [0, 0.1) is 0 Å². The third-order valence-electron chi connectivity index (χ3n) is 0.966. The second kappa shape index (κ2) is 5.16. The third-order valence-corrected chi connectivity index (χ3v) is 0.966. The van der Waals surface area contributed by atoms with E-state index in [9.17, 15) is 0 Å². The Kier molecular flexibility index (Phi) is 4.60. The molecule has 0 aromatic heterocycles. The van der Waals surface area contributed by atoms with Crippen LogP contribution in [-0.4, -0.2) is 0 Å². The maximum absolute atomic E-state index is 5.49. The van der Waals surface area contributed by atoms with Gasteiger partial charge in [-0.2, -0.15) is 0 Å². The highest BCUT2D eigenvalue weighted by Gasteiger charge is 1.76. The van der Waals surface area contributed by atoms with Gasteiger partial charge in [0.25, 0.3) is 0 Å². The summed E-state index contributed by atoms with van der Waals surface area (Å²) in [7, 11) is 0. The lowest BCUT2D eigenvalue weighted by Gasteiger charge is -1.88. The van der Waals surface area contributed by atoms with Crippen molar-refractivity contribution in [1.82, 2.24) is 0 Å². The molecule has 1 heteroatoms. The monoisotopic (exact) mass is 123 g/mol. The standard InChI is InChI=1S/C8H13N/c1-3-5-6-7-8(9)4-2/h3,5-7H,1,4,9H2,2H3/b6-5-,8-7-. The zero-order valence-corrected chi connectivity index (χ0v) is 5.80. The fraction of sp³-hybridized carbons (Fsp3) is 0.250. The van der Waals surface area contributed by atoms with E-state index >= 15 is 0 Å². The van der Waals surface area contributed by atoms with Crippen molar-refractivity contribution in [2.45, 2.75) is 13.3 Å². The molecule has 0 saturated carbocycles. The summed E-state index contributed by atoms with van der Waals surface area (Å²) in [4.78, 5) is 0. The van der Waals surface area contributed by atoms with Crippen LogP contribution in [0.25, 0.3) is 0 Å². The first-order valence-corrected chi connectivity index (χ1v) is 3.05. The van der Waals surface area contributed by atoms with Gasteiger partial charge in [0, 0.05) is 5.70 Å². The van der Waals surface area contributed by atoms with Gasteiger partial charge in [0.1, 0.15) is 0 Å². The van der Waals surface area contributed by atoms with E-state index in [1.54, 1.807) is 6.08 Å². The molecule has 0 unspecified atom stereocenters. The number of hydrogen-bond acceptors (Lipinski definition) is 1. The van der Waals surface area contributed by atoms with Gasteiger partial charge in [-0.15, -0.1) is 0 Å². The van der Waals surface area contributed by atoms with Crippen molar-refractivity contribution in [2.24, 2.45) is 5.73 Å². The molecule has 0 rings (SSSR count). The molecule has 0 saturated heterocycles. The lowest BCUT2D eigenvalue weighted by molar-refractivity contribution is 1.07. The van der Waals surface area contributed by atoms with Gasteiger partial charge in [-0.3, -0.25) is 0 Å². The van der Waals surface area contributed by atoms with Gasteiger partial charge in [0.05, 0.1) is 0 Å². The third kappa shape index (κ3) is 4.88. The molecule has 0 aliphatic heterocycles. The molecule has 0 bridgehead atoms. The highest BCUT2D eigenvalue weighted by molar-refractivity contribution is 5.12. The minimum absolute atomic E-state index is 0.896. The SMILES string of the molecule is C=C/C=C\C=C(/N)CC. The summed E-state index contributed by atoms with van der Waals surface area (Å²) in [6.45, 7) is 5.55. The molecule has 0 spiro atoms. The summed E-state index contributed by atoms with van der Waals surface area (Å²) in [5, 5.41) is 0. The van der Waals surface area contributed by atoms with Crippen molar-refractivity contribution >= 4 is 0 Å². The Morgan fingerprint density at radius 3 is 2.67 bits per heavy atom. The van der Waals surface area contributed by atoms with Gasteiger partial charge in [-0.25, -0.2) is 0 Å². The Morgan fingerprint density at radius 1 is 1.56 bits per heavy atom. The Hall–Kier alpha value is -0.980. The predicted molar refractivity (Wildman–Crippen MR) is 41.9 cm³/mol. The number of hydrogen-bond donors (Lipinski definition) is 1. The molecule has 0 atom stereocenters. The van der Waals surface area contributed by atoms with Crippen LogP contribution in [-0.2, 0) is 0 Å². The highest BCUT2D eigenvalue weighted by Crippen LogP contribution is 1.89. The summed E-state index contributed by atoms with van der Waals surface area (Å²) in [5.74, 6) is 0. The van der Waals surface area contributed by atoms with Crippen LogP contribution in [0.2, 0.25) is 0 Å². The molecule has 50 valence electrons. The molecular weight excluding hydrogens is 110 g/mol. The molecular formula is C8H13N. The highest BCUT2D eigenvalue weighted by atomic mass is 14.6. The average molecular weight is 123 g/mol. The van der Waals surface area contributed by atoms with Crippen LogP contribution in [0.4, 0.5) is 0 Å². The quantitative estimate of drug-likeness (QED) is 0.570. The van der Waals surface area contributed by atoms with Gasteiger partial charge in [-0.1, -0.05) is 31.7 Å². The van der Waals surface area contributed by atoms with Crippen molar-refractivity contribution in [3.05, 3.63) is 36.6 Å². The lowest BCUT2D eigenvalue weighted by Crippen LogP contribution is -1.92. The van der Waals surface area contributed by atoms with Gasteiger partial charge < -0.3 is 5.73 Å². The molecule has 9 heavy (non-hydrogen) atoms. The lowest BCUT2D eigenvalue weighted by atomic mass is 10.3. The molecule has 0 aromatic rings. The van der Waals surface area contributed by atoms with E-state index in [4.69, 9.17) is 5.73 Å². The molecule has 0 aliphatic carbocycles. The summed E-state index contributed by atoms with van der Waals surface area (Å²) in [6.07, 6.45) is 8.23. The molecule has 0 aromatic carbocycles. The van der Waals surface area contributed by atoms with Crippen LogP contribution in [0.5, 0.6) is 0 Å². The van der Waals surface area contributed by atoms with Crippen molar-refractivity contribution in [1.29, 1.82) is 0 Å². The van der Waals surface area contributed by atoms with E-state index in [1.807, 2.05) is 25.2 Å². The fourth-order valence-corrected chi connectivity index (χ4v) is 0.376. The van der Waals surface area contributed by atoms with E-state index in [1.165, 1.54) is 0 Å². The van der Waals surface area contributed by atoms with Gasteiger partial charge >= 0.3 is 0 Å². The van der Waals surface area contributed by atoms with Crippen molar-refractivity contribution < 1.29 is 0 Å². The smallest absolute Gasteiger partial charge is 0.00776 e. The molecule has 0 heterocycles. The second-order valence-electron chi connectivity index (χ2n) is 1.72. The van der Waals surface area contributed by atoms with Gasteiger partial charge in [0.15, 0.2) is 0 Å². The molecule has 0 amide bonds. The molecule has 0 aliphatic rings. The van der Waals surface area contributed by atoms with Crippen LogP contribution in [0.15, 0.2) is 36.6 Å². The number of allylic oxidation sites excluding steroid dienone is 5. The molecule has 2 N–H and O–H groups in total. The Labute approximate surface area is 56.6 Å². The fourth-order valence-electron chi connectivity index (χ4n) is 0.376. The minimum atomic E-state index is 0.896. The number of rotatable bonds is 3. The van der Waals surface area contributed by atoms with E-state index < -0.39 is 0 Å². The molecule has 0 fully saturated rings. The topological polar surface area (TPSA) is 26.0 Å². The Balaban J connectivity index is 3.67. The maximum atomic E-state index is 5.49. The summed E-state index contributed by atoms with van der Waals surface area (Å²) < 4.78 is 0. The molecule has 1 nitrogen and oxygen atoms in total. The number of nitrogens with two attached hydrogens (primary N) is 1. The predicted octanol–water partition coefficient (Wildman–Crippen LogP) is 1.98. The Bertz CT molecular complexity index is 132. The van der Waals surface area contributed by atoms with Crippen molar-refractivity contribution in [3.8, 4) is 0 Å². The second-order valence-corrected chi connectivity index (χ2v) is 1.72. The largest absolute Gasteiger partial charge is 0.402 e. The summed E-state index contributed by atoms with van der Waals surface area (Å²) in [5.41, 5.74) is 6.39. The first-order chi connectivity index (χ1) is 4.31. The van der Waals surface area contributed by atoms with Crippen molar-refractivity contribution in [3.63, 3.8) is 0 Å². The van der Waals surface area contributed by atoms with Crippen LogP contribution >= 0.6 is 0 Å². The van der Waals surface area contributed by atoms with E-state index in [0.717, 1.165) is 12.1 Å². The average Bonchev–Trinajstić information content (AvgIpc) is 1.89. The van der Waals surface area contributed by atoms with E-state index in [-0.39, 0.29) is 0 Å². The van der Waals surface area contributed by atoms with Crippen LogP contribution < -0.4 is 5.73 Å². The van der Waals surface area contributed by atoms with Gasteiger partial charge in [0.2, 0.25) is 0 Å². The first-order valence-electron chi connectivity index (χ1n) is 3.05. The van der Waals surface area contributed by atoms with Crippen LogP contribution in [0.3, 0.4) is 0 Å². The van der Waals surface area contributed by atoms with E-state index in [2.05, 4.69) is 6.58 Å². The Morgan fingerprint density at radius 2 is 2.22 bits per heavy atom.